The molecule has 3 aromatic rings. The van der Waals surface area contributed by atoms with E-state index in [9.17, 15) is 4.79 Å². The quantitative estimate of drug-likeness (QED) is 0.718. The van der Waals surface area contributed by atoms with Gasteiger partial charge in [-0.1, -0.05) is 0 Å². The molecule has 0 N–H and O–H groups in total. The lowest BCUT2D eigenvalue weighted by Gasteiger charge is -2.31. The molecule has 2 aromatic heterocycles. The maximum absolute atomic E-state index is 12.8. The van der Waals surface area contributed by atoms with Gasteiger partial charge in [0.05, 0.1) is 19.9 Å². The van der Waals surface area contributed by atoms with Crippen LogP contribution in [0.15, 0.2) is 47.3 Å². The molecular weight excluding hydrogens is 334 g/mol. The first-order valence-electron chi connectivity index (χ1n) is 8.52. The number of nitrogens with zero attached hydrogens (tertiary/aromatic N) is 3. The number of aromatic nitrogens is 2. The Morgan fingerprint density at radius 3 is 3.04 bits per heavy atom. The van der Waals surface area contributed by atoms with E-state index in [1.54, 1.807) is 42.7 Å². The number of ether oxygens (including phenoxy) is 2. The molecule has 1 aliphatic rings. The zero-order valence-electron chi connectivity index (χ0n) is 14.4. The van der Waals surface area contributed by atoms with Crippen LogP contribution in [0, 0.1) is 0 Å². The lowest BCUT2D eigenvalue weighted by molar-refractivity contribution is 0.0501. The van der Waals surface area contributed by atoms with E-state index >= 15 is 0 Å². The summed E-state index contributed by atoms with van der Waals surface area (Å²) in [5.41, 5.74) is 0.665. The van der Waals surface area contributed by atoms with E-state index in [1.807, 2.05) is 12.1 Å². The highest BCUT2D eigenvalue weighted by molar-refractivity contribution is 5.96. The van der Waals surface area contributed by atoms with E-state index in [2.05, 4.69) is 9.97 Å². The van der Waals surface area contributed by atoms with E-state index < -0.39 is 0 Å². The summed E-state index contributed by atoms with van der Waals surface area (Å²) in [4.78, 5) is 22.7. The summed E-state index contributed by atoms with van der Waals surface area (Å²) in [6, 6.07) is 7.23. The smallest absolute Gasteiger partial charge is 0.289 e. The molecule has 7 heteroatoms. The summed E-state index contributed by atoms with van der Waals surface area (Å²) in [5, 5.41) is 0.845. The van der Waals surface area contributed by atoms with Crippen LogP contribution in [0.5, 0.6) is 11.6 Å². The highest BCUT2D eigenvalue weighted by Crippen LogP contribution is 2.26. The molecule has 26 heavy (non-hydrogen) atoms. The minimum atomic E-state index is -0.132. The number of carbonyl (C=O) groups excluding carboxylic acids is 1. The molecule has 3 heterocycles. The molecular formula is C19H19N3O4. The zero-order valence-corrected chi connectivity index (χ0v) is 14.4. The third-order valence-electron chi connectivity index (χ3n) is 4.43. The van der Waals surface area contributed by atoms with Crippen LogP contribution in [0.25, 0.3) is 11.0 Å². The van der Waals surface area contributed by atoms with Crippen molar-refractivity contribution in [3.63, 3.8) is 0 Å². The Bertz CT molecular complexity index is 910. The summed E-state index contributed by atoms with van der Waals surface area (Å²) < 4.78 is 16.8. The number of rotatable bonds is 4. The van der Waals surface area contributed by atoms with Crippen LogP contribution in [0.1, 0.15) is 23.4 Å². The Hall–Kier alpha value is -3.09. The van der Waals surface area contributed by atoms with E-state index in [4.69, 9.17) is 13.9 Å². The third kappa shape index (κ3) is 3.33. The number of hydrogen-bond donors (Lipinski definition) is 0. The molecule has 7 nitrogen and oxygen atoms in total. The van der Waals surface area contributed by atoms with Crippen molar-refractivity contribution in [3.8, 4) is 11.6 Å². The van der Waals surface area contributed by atoms with Gasteiger partial charge in [0.25, 0.3) is 5.91 Å². The first kappa shape index (κ1) is 16.4. The van der Waals surface area contributed by atoms with Gasteiger partial charge in [0.2, 0.25) is 5.88 Å². The van der Waals surface area contributed by atoms with Crippen LogP contribution < -0.4 is 9.47 Å². The number of benzene rings is 1. The number of likely N-dealkylation sites (tertiary alicyclic amines) is 1. The van der Waals surface area contributed by atoms with Gasteiger partial charge in [0, 0.05) is 24.3 Å². The van der Waals surface area contributed by atoms with Crippen LogP contribution >= 0.6 is 0 Å². The first-order valence-corrected chi connectivity index (χ1v) is 8.52. The van der Waals surface area contributed by atoms with E-state index in [1.165, 1.54) is 0 Å². The topological polar surface area (TPSA) is 77.7 Å². The van der Waals surface area contributed by atoms with E-state index in [-0.39, 0.29) is 12.0 Å². The van der Waals surface area contributed by atoms with Crippen LogP contribution in [0.2, 0.25) is 0 Å². The molecule has 0 bridgehead atoms. The maximum atomic E-state index is 12.8. The summed E-state index contributed by atoms with van der Waals surface area (Å²) >= 11 is 0. The lowest BCUT2D eigenvalue weighted by atomic mass is 10.1. The normalized spacial score (nSPS) is 17.3. The molecule has 0 aliphatic carbocycles. The van der Waals surface area contributed by atoms with Gasteiger partial charge in [0.15, 0.2) is 5.76 Å². The first-order chi connectivity index (χ1) is 12.7. The van der Waals surface area contributed by atoms with Gasteiger partial charge < -0.3 is 18.8 Å². The van der Waals surface area contributed by atoms with Crippen molar-refractivity contribution in [2.24, 2.45) is 0 Å². The van der Waals surface area contributed by atoms with Crippen LogP contribution in [-0.4, -0.2) is 47.1 Å². The van der Waals surface area contributed by atoms with Crippen LogP contribution in [0.4, 0.5) is 0 Å². The molecule has 1 aliphatic heterocycles. The largest absolute Gasteiger partial charge is 0.497 e. The van der Waals surface area contributed by atoms with Gasteiger partial charge in [-0.2, -0.15) is 0 Å². The Balaban J connectivity index is 1.48. The molecule has 1 aromatic carbocycles. The molecule has 0 radical (unpaired) electrons. The number of carbonyl (C=O) groups is 1. The molecule has 1 amide bonds. The monoisotopic (exact) mass is 353 g/mol. The van der Waals surface area contributed by atoms with Crippen LogP contribution in [0.3, 0.4) is 0 Å². The average molecular weight is 353 g/mol. The Kier molecular flexibility index (Phi) is 4.43. The third-order valence-corrected chi connectivity index (χ3v) is 4.43. The SMILES string of the molecule is COc1ccc2oc(C(=O)N3CCCC(Oc4cnccn4)C3)cc2c1. The van der Waals surface area contributed by atoms with Crippen molar-refractivity contribution in [2.45, 2.75) is 18.9 Å². The molecule has 4 rings (SSSR count). The fourth-order valence-electron chi connectivity index (χ4n) is 3.15. The van der Waals surface area contributed by atoms with E-state index in [0.717, 1.165) is 24.0 Å². The average Bonchev–Trinajstić information content (AvgIpc) is 3.11. The number of hydrogen-bond acceptors (Lipinski definition) is 6. The van der Waals surface area contributed by atoms with Gasteiger partial charge in [0.1, 0.15) is 17.4 Å². The van der Waals surface area contributed by atoms with Gasteiger partial charge in [-0.25, -0.2) is 4.98 Å². The van der Waals surface area contributed by atoms with Crippen molar-refractivity contribution in [2.75, 3.05) is 20.2 Å². The number of piperidine rings is 1. The van der Waals surface area contributed by atoms with Gasteiger partial charge in [-0.15, -0.1) is 0 Å². The summed E-state index contributed by atoms with van der Waals surface area (Å²) in [6.45, 7) is 1.18. The standard InChI is InChI=1S/C19H19N3O4/c1-24-14-4-5-16-13(9-14)10-17(26-16)19(23)22-8-2-3-15(12-22)25-18-11-20-6-7-21-18/h4-7,9-11,15H,2-3,8,12H2,1H3. The molecule has 1 unspecified atom stereocenters. The lowest BCUT2D eigenvalue weighted by Crippen LogP contribution is -2.44. The maximum Gasteiger partial charge on any atom is 0.289 e. The van der Waals surface area contributed by atoms with Crippen molar-refractivity contribution < 1.29 is 18.7 Å². The van der Waals surface area contributed by atoms with Crippen molar-refractivity contribution >= 4 is 16.9 Å². The summed E-state index contributed by atoms with van der Waals surface area (Å²) in [5.74, 6) is 1.40. The van der Waals surface area contributed by atoms with E-state index in [0.29, 0.717) is 30.3 Å². The van der Waals surface area contributed by atoms with Gasteiger partial charge in [-0.05, 0) is 37.1 Å². The predicted octanol–water partition coefficient (Wildman–Crippen LogP) is 2.92. The Morgan fingerprint density at radius 1 is 1.31 bits per heavy atom. The van der Waals surface area contributed by atoms with Crippen molar-refractivity contribution in [3.05, 3.63) is 48.6 Å². The zero-order chi connectivity index (χ0) is 17.9. The molecule has 1 atom stereocenters. The minimum absolute atomic E-state index is 0.103. The number of methoxy groups -OCH3 is 1. The number of amides is 1. The van der Waals surface area contributed by atoms with Crippen molar-refractivity contribution in [1.29, 1.82) is 0 Å². The number of fused-ring (bicyclic) bond motifs is 1. The minimum Gasteiger partial charge on any atom is -0.497 e. The predicted molar refractivity (Wildman–Crippen MR) is 94.4 cm³/mol. The van der Waals surface area contributed by atoms with Gasteiger partial charge >= 0.3 is 0 Å². The fraction of sp³-hybridized carbons (Fsp3) is 0.316. The molecule has 0 saturated carbocycles. The highest BCUT2D eigenvalue weighted by atomic mass is 16.5. The number of furan rings is 1. The summed E-state index contributed by atoms with van der Waals surface area (Å²) in [7, 11) is 1.61. The highest BCUT2D eigenvalue weighted by Gasteiger charge is 2.28. The van der Waals surface area contributed by atoms with Crippen LogP contribution in [-0.2, 0) is 0 Å². The second kappa shape index (κ2) is 7.03. The molecule has 1 fully saturated rings. The Morgan fingerprint density at radius 2 is 2.23 bits per heavy atom. The second-order valence-electron chi connectivity index (χ2n) is 6.19. The second-order valence-corrected chi connectivity index (χ2v) is 6.19. The summed E-state index contributed by atoms with van der Waals surface area (Å²) in [6.07, 6.45) is 6.40. The fourth-order valence-corrected chi connectivity index (χ4v) is 3.15. The van der Waals surface area contributed by atoms with Gasteiger partial charge in [-0.3, -0.25) is 9.78 Å². The molecule has 134 valence electrons. The Labute approximate surface area is 150 Å². The molecule has 0 spiro atoms. The molecule has 1 saturated heterocycles. The van der Waals surface area contributed by atoms with Crippen molar-refractivity contribution in [1.82, 2.24) is 14.9 Å².